The van der Waals surface area contributed by atoms with Gasteiger partial charge in [-0.05, 0) is 0 Å². The van der Waals surface area contributed by atoms with Crippen molar-refractivity contribution in [2.24, 2.45) is 0 Å². The molecule has 0 radical (unpaired) electrons. The van der Waals surface area contributed by atoms with Crippen molar-refractivity contribution in [3.05, 3.63) is 0 Å². The number of carbonyl (C=O) groups excluding carboxylic acids is 12. The third kappa shape index (κ3) is 243. The van der Waals surface area contributed by atoms with Crippen LogP contribution in [-0.2, 0) is 133 Å². The average Bonchev–Trinajstić information content (AvgIpc) is 2.85. The summed E-state index contributed by atoms with van der Waals surface area (Å²) >= 11 is 0. The predicted octanol–water partition coefficient (Wildman–Crippen LogP) is -57.5. The molecule has 85 heavy (non-hydrogen) atoms. The summed E-state index contributed by atoms with van der Waals surface area (Å²) in [6, 6.07) is 0. The molecule has 484 valence electrons. The predicted molar refractivity (Wildman–Crippen MR) is 199 cm³/mol. The molecule has 0 fully saturated rings. The quantitative estimate of drug-likeness (QED) is 0.0810. The van der Waals surface area contributed by atoms with Crippen LogP contribution in [0.4, 0.5) is 0 Å². The van der Waals surface area contributed by atoms with Gasteiger partial charge in [0.25, 0.3) is 0 Å². The van der Waals surface area contributed by atoms with Gasteiger partial charge in [0.05, 0.1) is 71.6 Å². The van der Waals surface area contributed by atoms with Gasteiger partial charge in [-0.25, -0.2) is 0 Å². The maximum atomic E-state index is 9.99. The molecule has 0 amide bonds. The topological polar surface area (TPSA) is 1170 Å². The van der Waals surface area contributed by atoms with Gasteiger partial charge in [0.2, 0.25) is 0 Å². The Morgan fingerprint density at radius 3 is 0.235 bits per heavy atom. The number of carbonyl (C=O) groups is 12. The molecule has 0 aromatic carbocycles. The number of rotatable bonds is 24. The third-order valence-corrected chi connectivity index (χ3v) is 4.23. The Morgan fingerprint density at radius 2 is 0.212 bits per heavy atom. The van der Waals surface area contributed by atoms with Gasteiger partial charge >= 0.3 is 242 Å². The van der Waals surface area contributed by atoms with Gasteiger partial charge in [-0.3, -0.25) is 19.6 Å². The maximum Gasteiger partial charge on any atom is 3.00 e. The van der Waals surface area contributed by atoms with Crippen molar-refractivity contribution in [3.63, 3.8) is 0 Å². The molecule has 61 heteroatoms. The van der Waals surface area contributed by atoms with Crippen LogP contribution in [0.1, 0.15) is 0 Å². The minimum absolute atomic E-state index is 0. The molecule has 0 heterocycles. The van der Waals surface area contributed by atoms with Gasteiger partial charge in [0.15, 0.2) is 0 Å². The van der Waals surface area contributed by atoms with Gasteiger partial charge in [-0.1, -0.05) is 0 Å². The number of hydrogen-bond donors (Lipinski definition) is 0. The maximum absolute atomic E-state index is 9.99. The number of carboxylic acids is 12. The first-order chi connectivity index (χ1) is 23.7. The SMILES string of the molecule is O.O.O.O.O.O.O.O.O.O.O.O.O.O.O.O.O=C([O-])CN(CC(=O)[O-])CC(=O)[O-].O=C([O-])CN(CC(=O)[O-])CC(=O)[O-].O=C([O-])CN(CC(=O)[O-])CC(=O)[O-].O=C([O-])CN(CC(=O)[O-])CC(=O)[O-].[Al+3].[Al+3].[Mo].[Mo].[Na+].[Na+].[Na+].[Na+].[Na+].[Na+].[Na+].[O-2].[O-2].[O-2].[O-2].[O-2].[O-2]. The fraction of sp³-hybridized carbons (Fsp3) is 0.500. The van der Waals surface area contributed by atoms with E-state index in [9.17, 15) is 119 Å². The van der Waals surface area contributed by atoms with Crippen molar-refractivity contribution in [2.45, 2.75) is 0 Å². The van der Waals surface area contributed by atoms with Crippen molar-refractivity contribution < 1.29 is 488 Å². The summed E-state index contributed by atoms with van der Waals surface area (Å²) in [4.78, 5) is 122. The summed E-state index contributed by atoms with van der Waals surface area (Å²) in [6.07, 6.45) is 0. The fourth-order valence-corrected chi connectivity index (χ4v) is 2.86. The number of aliphatic carboxylic acids is 12. The molecule has 0 saturated carbocycles. The van der Waals surface area contributed by atoms with E-state index in [4.69, 9.17) is 0 Å². The molecule has 0 bridgehead atoms. The Bertz CT molecular complexity index is 1020. The second-order valence-electron chi connectivity index (χ2n) is 9.04. The number of nitrogens with zero attached hydrogens (tertiary/aromatic N) is 4. The van der Waals surface area contributed by atoms with Gasteiger partial charge < -0.3 is 239 Å². The van der Waals surface area contributed by atoms with E-state index in [1.807, 2.05) is 0 Å². The zero-order valence-electron chi connectivity index (χ0n) is 45.5. The normalized spacial score (nSPS) is 6.07. The van der Waals surface area contributed by atoms with E-state index in [0.29, 0.717) is 19.6 Å². The fourth-order valence-electron chi connectivity index (χ4n) is 2.86. The minimum atomic E-state index is -1.57. The number of carboxylic acid groups (broad SMARTS) is 12. The van der Waals surface area contributed by atoms with E-state index < -0.39 is 150 Å². The van der Waals surface area contributed by atoms with Gasteiger partial charge in [-0.15, -0.1) is 0 Å². The molecule has 0 rings (SSSR count). The summed E-state index contributed by atoms with van der Waals surface area (Å²) in [7, 11) is 0. The van der Waals surface area contributed by atoms with Crippen LogP contribution in [0.5, 0.6) is 0 Å². The molecule has 0 spiro atoms. The summed E-state index contributed by atoms with van der Waals surface area (Å²) in [5.41, 5.74) is 0. The van der Waals surface area contributed by atoms with Crippen molar-refractivity contribution >= 4 is 106 Å². The molecule has 0 aromatic heterocycles. The van der Waals surface area contributed by atoms with Crippen LogP contribution < -0.4 is 268 Å². The van der Waals surface area contributed by atoms with Crippen LogP contribution in [0, 0.1) is 0 Å². The summed E-state index contributed by atoms with van der Waals surface area (Å²) in [5, 5.41) is 120. The van der Waals surface area contributed by atoms with E-state index in [-0.39, 0.29) is 404 Å². The Labute approximate surface area is 683 Å². The molecule has 0 saturated heterocycles. The van der Waals surface area contributed by atoms with Crippen LogP contribution in [0.15, 0.2) is 0 Å². The second-order valence-corrected chi connectivity index (χ2v) is 9.04. The first-order valence-corrected chi connectivity index (χ1v) is 12.9. The molecule has 0 aliphatic carbocycles. The molecule has 32 N–H and O–H groups in total. The van der Waals surface area contributed by atoms with E-state index in [2.05, 4.69) is 0 Å². The molecule has 0 aromatic rings. The molecule has 0 atom stereocenters. The standard InChI is InChI=1S/4C6H9NO6.2Al.2Mo.7Na.16H2O.6O/c4*8-4(9)1-7(2-5(10)11)3-6(12)13;;;;;;;;;;;;;;;;;;;;;;;;;;;;;;;;;/h4*1-3H2,(H,8,9)(H,10,11)(H,12,13);;;;;;;;;;;;16*1H2;;;;;;/q;;;;2*+3;;;7*+1;;;;;;;;;;;;;;;;;6*-2/p-12. The molecule has 0 aliphatic heterocycles. The van der Waals surface area contributed by atoms with E-state index in [0.717, 1.165) is 0 Å². The van der Waals surface area contributed by atoms with Gasteiger partial charge in [-0.2, -0.15) is 0 Å². The molecule has 50 nitrogen and oxygen atoms in total. The summed E-state index contributed by atoms with van der Waals surface area (Å²) in [6.45, 7) is -9.48. The first kappa shape index (κ1) is 257. The monoisotopic (exact) mass is 1550 g/mol. The van der Waals surface area contributed by atoms with Gasteiger partial charge in [0, 0.05) is 121 Å². The van der Waals surface area contributed by atoms with Crippen LogP contribution in [-0.4, -0.2) is 292 Å². The zero-order chi connectivity index (χ0) is 41.7. The molecule has 0 unspecified atom stereocenters. The van der Waals surface area contributed by atoms with E-state index >= 15 is 0 Å². The Kier molecular flexibility index (Phi) is 489. The zero-order valence-corrected chi connectivity index (χ0v) is 65.8. The smallest absolute Gasteiger partial charge is 2.00 e. The van der Waals surface area contributed by atoms with Crippen LogP contribution in [0.3, 0.4) is 0 Å². The van der Waals surface area contributed by atoms with E-state index in [1.165, 1.54) is 0 Å². The van der Waals surface area contributed by atoms with Crippen molar-refractivity contribution in [2.75, 3.05) is 78.5 Å². The Morgan fingerprint density at radius 1 is 0.176 bits per heavy atom. The van der Waals surface area contributed by atoms with Crippen LogP contribution in [0.25, 0.3) is 0 Å². The average molecular weight is 1540 g/mol. The second kappa shape index (κ2) is 162. The van der Waals surface area contributed by atoms with E-state index in [1.54, 1.807) is 0 Å². The van der Waals surface area contributed by atoms with Crippen molar-refractivity contribution in [1.29, 1.82) is 0 Å². The molecular formula is C24H56Al2Mo2N4Na7O46-11. The molecule has 0 aliphatic rings. The van der Waals surface area contributed by atoms with Gasteiger partial charge in [0.1, 0.15) is 0 Å². The van der Waals surface area contributed by atoms with Crippen LogP contribution >= 0.6 is 0 Å². The Hall–Kier alpha value is 2.04. The minimum Gasteiger partial charge on any atom is -2.00 e. The molecular weight excluding hydrogens is 1490 g/mol. The van der Waals surface area contributed by atoms with Crippen molar-refractivity contribution in [3.8, 4) is 0 Å². The van der Waals surface area contributed by atoms with Crippen LogP contribution in [0.2, 0.25) is 0 Å². The third-order valence-electron chi connectivity index (χ3n) is 4.23. The first-order valence-electron chi connectivity index (χ1n) is 12.9. The van der Waals surface area contributed by atoms with Crippen molar-refractivity contribution in [1.82, 2.24) is 19.6 Å². The summed E-state index contributed by atoms with van der Waals surface area (Å²) < 4.78 is 0. The number of hydrogen-bond acceptors (Lipinski definition) is 28. The largest absolute Gasteiger partial charge is 3.00 e. The summed E-state index contributed by atoms with van der Waals surface area (Å²) in [5.74, 6) is -18.8. The Balaban J connectivity index is -0.00000000914.